The van der Waals surface area contributed by atoms with Gasteiger partial charge in [-0.2, -0.15) is 0 Å². The van der Waals surface area contributed by atoms with Crippen molar-refractivity contribution in [3.8, 4) is 0 Å². The van der Waals surface area contributed by atoms with Gasteiger partial charge < -0.3 is 20.1 Å². The van der Waals surface area contributed by atoms with Gasteiger partial charge >= 0.3 is 0 Å². The highest BCUT2D eigenvalue weighted by Gasteiger charge is 2.23. The van der Waals surface area contributed by atoms with E-state index in [2.05, 4.69) is 0 Å². The second-order valence-electron chi connectivity index (χ2n) is 3.93. The van der Waals surface area contributed by atoms with Gasteiger partial charge in [-0.15, -0.1) is 0 Å². The summed E-state index contributed by atoms with van der Waals surface area (Å²) in [6.45, 7) is 6.21. The predicted octanol–water partition coefficient (Wildman–Crippen LogP) is -0.402. The summed E-state index contributed by atoms with van der Waals surface area (Å²) in [5, 5.41) is 0. The summed E-state index contributed by atoms with van der Waals surface area (Å²) in [6, 6.07) is 0. The van der Waals surface area contributed by atoms with Gasteiger partial charge in [0.15, 0.2) is 0 Å². The monoisotopic (exact) mass is 216 g/mol. The number of carbonyl (C=O) groups excluding carboxylic acids is 1. The fraction of sp³-hybridized carbons (Fsp3) is 0.900. The van der Waals surface area contributed by atoms with E-state index in [1.165, 1.54) is 0 Å². The molecule has 1 heterocycles. The zero-order chi connectivity index (χ0) is 11.3. The molecule has 1 atom stereocenters. The van der Waals surface area contributed by atoms with Crippen molar-refractivity contribution in [2.24, 2.45) is 5.73 Å². The molecule has 0 spiro atoms. The van der Waals surface area contributed by atoms with Crippen molar-refractivity contribution in [2.45, 2.75) is 26.1 Å². The van der Waals surface area contributed by atoms with Gasteiger partial charge in [0.25, 0.3) is 0 Å². The van der Waals surface area contributed by atoms with Crippen LogP contribution >= 0.6 is 0 Å². The van der Waals surface area contributed by atoms with Gasteiger partial charge in [-0.05, 0) is 13.8 Å². The van der Waals surface area contributed by atoms with E-state index < -0.39 is 0 Å². The summed E-state index contributed by atoms with van der Waals surface area (Å²) in [5.74, 6) is 0.0189. The Hall–Kier alpha value is -0.650. The molecule has 1 saturated heterocycles. The van der Waals surface area contributed by atoms with Gasteiger partial charge in [-0.3, -0.25) is 4.79 Å². The number of nitrogens with two attached hydrogens (primary N) is 1. The van der Waals surface area contributed by atoms with Crippen LogP contribution in [0.2, 0.25) is 0 Å². The minimum Gasteiger partial charge on any atom is -0.373 e. The summed E-state index contributed by atoms with van der Waals surface area (Å²) in [6.07, 6.45) is 0.0574. The highest BCUT2D eigenvalue weighted by molar-refractivity contribution is 5.77. The van der Waals surface area contributed by atoms with Crippen LogP contribution in [-0.2, 0) is 14.3 Å². The predicted molar refractivity (Wildman–Crippen MR) is 56.5 cm³/mol. The number of nitrogens with zero attached hydrogens (tertiary/aromatic N) is 1. The quantitative estimate of drug-likeness (QED) is 0.694. The minimum atomic E-state index is -0.0262. The molecule has 88 valence electrons. The van der Waals surface area contributed by atoms with Crippen LogP contribution < -0.4 is 5.73 Å². The lowest BCUT2D eigenvalue weighted by molar-refractivity contribution is -0.144. The third-order valence-electron chi connectivity index (χ3n) is 2.29. The van der Waals surface area contributed by atoms with E-state index in [0.29, 0.717) is 26.2 Å². The van der Waals surface area contributed by atoms with Gasteiger partial charge in [0, 0.05) is 19.6 Å². The van der Waals surface area contributed by atoms with Crippen molar-refractivity contribution >= 4 is 5.91 Å². The molecule has 0 radical (unpaired) electrons. The number of ether oxygens (including phenoxy) is 2. The van der Waals surface area contributed by atoms with Crippen LogP contribution in [0, 0.1) is 0 Å². The summed E-state index contributed by atoms with van der Waals surface area (Å²) >= 11 is 0. The van der Waals surface area contributed by atoms with Gasteiger partial charge in [0.1, 0.15) is 6.61 Å². The van der Waals surface area contributed by atoms with E-state index in [-0.39, 0.29) is 24.7 Å². The molecular weight excluding hydrogens is 196 g/mol. The first kappa shape index (κ1) is 12.4. The Bertz CT molecular complexity index is 209. The molecule has 0 aliphatic carbocycles. The molecule has 1 aliphatic rings. The first-order chi connectivity index (χ1) is 7.13. The maximum absolute atomic E-state index is 11.7. The van der Waals surface area contributed by atoms with Crippen molar-refractivity contribution in [2.75, 3.05) is 32.8 Å². The van der Waals surface area contributed by atoms with Crippen molar-refractivity contribution in [3.05, 3.63) is 0 Å². The number of carbonyl (C=O) groups is 1. The molecule has 1 rings (SSSR count). The van der Waals surface area contributed by atoms with Gasteiger partial charge in [0.05, 0.1) is 18.8 Å². The molecule has 0 bridgehead atoms. The van der Waals surface area contributed by atoms with Crippen LogP contribution in [0.15, 0.2) is 0 Å². The second kappa shape index (κ2) is 6.05. The van der Waals surface area contributed by atoms with Crippen LogP contribution in [-0.4, -0.2) is 55.9 Å². The van der Waals surface area contributed by atoms with E-state index in [1.807, 2.05) is 13.8 Å². The molecule has 1 amide bonds. The van der Waals surface area contributed by atoms with Crippen molar-refractivity contribution in [1.29, 1.82) is 0 Å². The molecule has 5 nitrogen and oxygen atoms in total. The van der Waals surface area contributed by atoms with Crippen LogP contribution in [0.1, 0.15) is 13.8 Å². The van der Waals surface area contributed by atoms with Crippen molar-refractivity contribution < 1.29 is 14.3 Å². The summed E-state index contributed by atoms with van der Waals surface area (Å²) < 4.78 is 10.6. The second-order valence-corrected chi connectivity index (χ2v) is 3.93. The molecule has 0 aromatic rings. The molecule has 1 fully saturated rings. The third-order valence-corrected chi connectivity index (χ3v) is 2.29. The first-order valence-corrected chi connectivity index (χ1v) is 5.34. The molecular formula is C10H20N2O3. The fourth-order valence-electron chi connectivity index (χ4n) is 1.42. The minimum absolute atomic E-state index is 0.0189. The molecule has 5 heteroatoms. The number of amides is 1. The Morgan fingerprint density at radius 2 is 2.40 bits per heavy atom. The Kier molecular flexibility index (Phi) is 5.01. The van der Waals surface area contributed by atoms with Crippen LogP contribution in [0.25, 0.3) is 0 Å². The fourth-order valence-corrected chi connectivity index (χ4v) is 1.42. The molecule has 2 N–H and O–H groups in total. The first-order valence-electron chi connectivity index (χ1n) is 5.34. The van der Waals surface area contributed by atoms with Gasteiger partial charge in [-0.1, -0.05) is 0 Å². The van der Waals surface area contributed by atoms with E-state index in [1.54, 1.807) is 4.90 Å². The van der Waals surface area contributed by atoms with Crippen molar-refractivity contribution in [1.82, 2.24) is 4.90 Å². The Morgan fingerprint density at radius 3 is 3.00 bits per heavy atom. The highest BCUT2D eigenvalue weighted by Crippen LogP contribution is 2.04. The summed E-state index contributed by atoms with van der Waals surface area (Å²) in [4.78, 5) is 13.4. The average Bonchev–Trinajstić information content (AvgIpc) is 2.26. The lowest BCUT2D eigenvalue weighted by Crippen LogP contribution is -2.49. The topological polar surface area (TPSA) is 64.8 Å². The molecule has 15 heavy (non-hydrogen) atoms. The standard InChI is InChI=1S/C10H20N2O3/c1-8(2)15-7-10(13)12-3-4-14-9(5-11)6-12/h8-9H,3-7,11H2,1-2H3. The number of hydrogen-bond donors (Lipinski definition) is 1. The Balaban J connectivity index is 2.32. The zero-order valence-electron chi connectivity index (χ0n) is 9.44. The maximum Gasteiger partial charge on any atom is 0.248 e. The SMILES string of the molecule is CC(C)OCC(=O)N1CCOC(CN)C1. The number of hydrogen-bond acceptors (Lipinski definition) is 4. The number of morpholine rings is 1. The Morgan fingerprint density at radius 1 is 1.67 bits per heavy atom. The van der Waals surface area contributed by atoms with E-state index >= 15 is 0 Å². The molecule has 1 aliphatic heterocycles. The van der Waals surface area contributed by atoms with Crippen molar-refractivity contribution in [3.63, 3.8) is 0 Å². The lowest BCUT2D eigenvalue weighted by atomic mass is 10.2. The smallest absolute Gasteiger partial charge is 0.248 e. The molecule has 0 aromatic heterocycles. The van der Waals surface area contributed by atoms with Crippen LogP contribution in [0.4, 0.5) is 0 Å². The summed E-state index contributed by atoms with van der Waals surface area (Å²) in [7, 11) is 0. The maximum atomic E-state index is 11.7. The molecule has 0 aromatic carbocycles. The van der Waals surface area contributed by atoms with Gasteiger partial charge in [-0.25, -0.2) is 0 Å². The number of rotatable bonds is 4. The third kappa shape index (κ3) is 4.15. The normalized spacial score (nSPS) is 22.1. The van der Waals surface area contributed by atoms with E-state index in [4.69, 9.17) is 15.2 Å². The average molecular weight is 216 g/mol. The zero-order valence-corrected chi connectivity index (χ0v) is 9.44. The molecule has 1 unspecified atom stereocenters. The van der Waals surface area contributed by atoms with E-state index in [0.717, 1.165) is 0 Å². The van der Waals surface area contributed by atoms with Crippen LogP contribution in [0.5, 0.6) is 0 Å². The largest absolute Gasteiger partial charge is 0.373 e. The van der Waals surface area contributed by atoms with Crippen LogP contribution in [0.3, 0.4) is 0 Å². The lowest BCUT2D eigenvalue weighted by Gasteiger charge is -2.32. The van der Waals surface area contributed by atoms with E-state index in [9.17, 15) is 4.79 Å². The van der Waals surface area contributed by atoms with Gasteiger partial charge in [0.2, 0.25) is 5.91 Å². The highest BCUT2D eigenvalue weighted by atomic mass is 16.5. The molecule has 0 saturated carbocycles. The summed E-state index contributed by atoms with van der Waals surface area (Å²) in [5.41, 5.74) is 5.49. The Labute approximate surface area is 90.5 Å².